The number of rotatable bonds is 4. The van der Waals surface area contributed by atoms with Crippen molar-refractivity contribution >= 4 is 33.2 Å². The minimum absolute atomic E-state index is 0.317. The van der Waals surface area contributed by atoms with Crippen LogP contribution < -0.4 is 4.74 Å². The summed E-state index contributed by atoms with van der Waals surface area (Å²) in [5, 5.41) is 8.00. The molecule has 25 heavy (non-hydrogen) atoms. The highest BCUT2D eigenvalue weighted by Crippen LogP contribution is 2.49. The van der Waals surface area contributed by atoms with Gasteiger partial charge < -0.3 is 9.47 Å². The molecule has 3 aromatic heterocycles. The number of fused-ring (bicyclic) bond motifs is 3. The summed E-state index contributed by atoms with van der Waals surface area (Å²) in [5.41, 5.74) is 3.71. The zero-order chi connectivity index (χ0) is 17.4. The third kappa shape index (κ3) is 2.85. The van der Waals surface area contributed by atoms with Crippen LogP contribution in [0.4, 0.5) is 0 Å². The molecule has 0 atom stereocenters. The number of carbonyl (C=O) groups is 1. The maximum atomic E-state index is 12.4. The third-order valence-electron chi connectivity index (χ3n) is 3.96. The molecule has 8 heteroatoms. The Morgan fingerprint density at radius 3 is 3.00 bits per heavy atom. The Hall–Kier alpha value is -2.19. The lowest BCUT2D eigenvalue weighted by molar-refractivity contribution is 0.0531. The van der Waals surface area contributed by atoms with Crippen LogP contribution in [-0.2, 0) is 17.6 Å². The molecule has 0 fully saturated rings. The molecule has 1 N–H and O–H groups in total. The molecule has 3 heterocycles. The highest BCUT2D eigenvalue weighted by Gasteiger charge is 2.32. The van der Waals surface area contributed by atoms with Gasteiger partial charge in [-0.05, 0) is 53.4 Å². The highest BCUT2D eigenvalue weighted by atomic mass is 79.9. The second kappa shape index (κ2) is 6.61. The first kappa shape index (κ1) is 16.3. The average molecular weight is 420 g/mol. The van der Waals surface area contributed by atoms with Gasteiger partial charge in [-0.2, -0.15) is 5.10 Å². The summed E-state index contributed by atoms with van der Waals surface area (Å²) in [6.45, 7) is 2.14. The van der Waals surface area contributed by atoms with E-state index < -0.39 is 0 Å². The predicted octanol–water partition coefficient (Wildman–Crippen LogP) is 4.36. The van der Waals surface area contributed by atoms with Gasteiger partial charge in [0.1, 0.15) is 20.9 Å². The number of aromatic amines is 1. The van der Waals surface area contributed by atoms with Crippen molar-refractivity contribution in [2.75, 3.05) is 6.61 Å². The van der Waals surface area contributed by atoms with Crippen LogP contribution in [0.15, 0.2) is 29.1 Å². The first-order valence-electron chi connectivity index (χ1n) is 7.82. The van der Waals surface area contributed by atoms with Crippen LogP contribution in [0.5, 0.6) is 10.8 Å². The summed E-state index contributed by atoms with van der Waals surface area (Å²) in [5.74, 6) is 0.298. The number of ether oxygens (including phenoxy) is 2. The minimum Gasteiger partial charge on any atom is -0.462 e. The smallest absolute Gasteiger partial charge is 0.348 e. The molecule has 0 spiro atoms. The van der Waals surface area contributed by atoms with Gasteiger partial charge in [-0.3, -0.25) is 10.1 Å². The highest BCUT2D eigenvalue weighted by molar-refractivity contribution is 9.10. The monoisotopic (exact) mass is 419 g/mol. The van der Waals surface area contributed by atoms with Gasteiger partial charge in [0.2, 0.25) is 0 Å². The number of H-pyrrole nitrogens is 1. The fourth-order valence-corrected chi connectivity index (χ4v) is 4.49. The zero-order valence-corrected chi connectivity index (χ0v) is 15.7. The van der Waals surface area contributed by atoms with Crippen molar-refractivity contribution < 1.29 is 14.3 Å². The molecule has 0 saturated heterocycles. The fraction of sp³-hybridized carbons (Fsp3) is 0.235. The van der Waals surface area contributed by atoms with Crippen molar-refractivity contribution in [1.82, 2.24) is 15.2 Å². The molecule has 1 aliphatic carbocycles. The summed E-state index contributed by atoms with van der Waals surface area (Å²) < 4.78 is 12.1. The number of hydrogen-bond acceptors (Lipinski definition) is 6. The molecule has 128 valence electrons. The van der Waals surface area contributed by atoms with Gasteiger partial charge in [0.05, 0.1) is 18.4 Å². The Morgan fingerprint density at radius 1 is 1.40 bits per heavy atom. The molecule has 0 saturated carbocycles. The number of nitrogens with one attached hydrogen (secondary N) is 1. The predicted molar refractivity (Wildman–Crippen MR) is 97.3 cm³/mol. The van der Waals surface area contributed by atoms with E-state index in [4.69, 9.17) is 9.47 Å². The number of thiophene rings is 1. The maximum Gasteiger partial charge on any atom is 0.348 e. The van der Waals surface area contributed by atoms with Crippen molar-refractivity contribution in [3.05, 3.63) is 45.1 Å². The molecule has 0 aromatic carbocycles. The fourth-order valence-electron chi connectivity index (χ4n) is 2.90. The molecule has 0 bridgehead atoms. The van der Waals surface area contributed by atoms with Crippen molar-refractivity contribution in [2.45, 2.75) is 19.8 Å². The van der Waals surface area contributed by atoms with Crippen molar-refractivity contribution in [2.24, 2.45) is 0 Å². The molecule has 3 aromatic rings. The molecule has 0 unspecified atom stereocenters. The van der Waals surface area contributed by atoms with Crippen LogP contribution in [0.2, 0.25) is 0 Å². The molecular formula is C17H14BrN3O3S. The normalized spacial score (nSPS) is 12.4. The maximum absolute atomic E-state index is 12.4. The van der Waals surface area contributed by atoms with Crippen LogP contribution >= 0.6 is 27.3 Å². The van der Waals surface area contributed by atoms with Gasteiger partial charge in [-0.1, -0.05) is 11.3 Å². The van der Waals surface area contributed by atoms with Crippen molar-refractivity contribution in [1.29, 1.82) is 0 Å². The third-order valence-corrected chi connectivity index (χ3v) is 5.70. The number of esters is 1. The number of carbonyl (C=O) groups excluding carboxylic acids is 1. The summed E-state index contributed by atoms with van der Waals surface area (Å²) in [7, 11) is 0. The van der Waals surface area contributed by atoms with E-state index in [-0.39, 0.29) is 5.97 Å². The van der Waals surface area contributed by atoms with Crippen LogP contribution in [0.3, 0.4) is 0 Å². The Bertz CT molecular complexity index is 936. The van der Waals surface area contributed by atoms with E-state index in [1.54, 1.807) is 25.4 Å². The Labute approximate surface area is 156 Å². The number of hydrogen-bond donors (Lipinski definition) is 1. The van der Waals surface area contributed by atoms with E-state index in [2.05, 4.69) is 31.1 Å². The van der Waals surface area contributed by atoms with Crippen LogP contribution in [0, 0.1) is 0 Å². The van der Waals surface area contributed by atoms with E-state index >= 15 is 0 Å². The first-order valence-corrected chi connectivity index (χ1v) is 9.43. The summed E-state index contributed by atoms with van der Waals surface area (Å²) in [4.78, 5) is 17.0. The topological polar surface area (TPSA) is 77.1 Å². The number of aromatic nitrogens is 3. The van der Waals surface area contributed by atoms with Gasteiger partial charge in [0.15, 0.2) is 5.06 Å². The van der Waals surface area contributed by atoms with Gasteiger partial charge in [0, 0.05) is 11.8 Å². The van der Waals surface area contributed by atoms with Gasteiger partial charge in [-0.15, -0.1) is 0 Å². The number of nitrogens with zero attached hydrogens (tertiary/aromatic N) is 2. The second-order valence-electron chi connectivity index (χ2n) is 5.45. The summed E-state index contributed by atoms with van der Waals surface area (Å²) in [6.07, 6.45) is 4.86. The average Bonchev–Trinajstić information content (AvgIpc) is 3.17. The van der Waals surface area contributed by atoms with Crippen molar-refractivity contribution in [3.63, 3.8) is 0 Å². The van der Waals surface area contributed by atoms with Crippen molar-refractivity contribution in [3.8, 4) is 22.1 Å². The first-order chi connectivity index (χ1) is 12.2. The van der Waals surface area contributed by atoms with Gasteiger partial charge >= 0.3 is 5.97 Å². The van der Waals surface area contributed by atoms with Crippen LogP contribution in [0.25, 0.3) is 11.3 Å². The minimum atomic E-state index is -0.317. The van der Waals surface area contributed by atoms with E-state index in [1.807, 2.05) is 6.07 Å². The van der Waals surface area contributed by atoms with E-state index in [1.165, 1.54) is 11.3 Å². The van der Waals surface area contributed by atoms with Gasteiger partial charge in [-0.25, -0.2) is 4.79 Å². The summed E-state index contributed by atoms with van der Waals surface area (Å²) >= 11 is 4.80. The molecule has 0 radical (unpaired) electrons. The molecular weight excluding hydrogens is 406 g/mol. The van der Waals surface area contributed by atoms with Crippen LogP contribution in [0.1, 0.15) is 27.7 Å². The largest absolute Gasteiger partial charge is 0.462 e. The lowest BCUT2D eigenvalue weighted by Gasteiger charge is -2.14. The van der Waals surface area contributed by atoms with E-state index in [0.717, 1.165) is 39.8 Å². The second-order valence-corrected chi connectivity index (χ2v) is 7.22. The van der Waals surface area contributed by atoms with E-state index in [9.17, 15) is 4.79 Å². The standard InChI is InChI=1S/C17H14BrN3O3S/c1-2-23-16(22)14-10-5-6-11-13(20-21-15(11)18)12(10)17(25-14)24-9-4-3-7-19-8-9/h3-4,7-8H,2,5-6H2,1H3,(H,20,21). The zero-order valence-electron chi connectivity index (χ0n) is 13.3. The Kier molecular flexibility index (Phi) is 4.30. The Balaban J connectivity index is 1.85. The number of halogens is 1. The quantitative estimate of drug-likeness (QED) is 0.635. The SMILES string of the molecule is CCOC(=O)c1sc(Oc2cccnc2)c2c1CCc1c-2n[nH]c1Br. The van der Waals surface area contributed by atoms with Gasteiger partial charge in [0.25, 0.3) is 0 Å². The summed E-state index contributed by atoms with van der Waals surface area (Å²) in [6, 6.07) is 3.63. The lowest BCUT2D eigenvalue weighted by atomic mass is 9.92. The number of pyridine rings is 1. The molecule has 4 rings (SSSR count). The van der Waals surface area contributed by atoms with Crippen LogP contribution in [-0.4, -0.2) is 27.8 Å². The Morgan fingerprint density at radius 2 is 2.24 bits per heavy atom. The molecule has 6 nitrogen and oxygen atoms in total. The molecule has 0 amide bonds. The lowest BCUT2D eigenvalue weighted by Crippen LogP contribution is -2.09. The van der Waals surface area contributed by atoms with E-state index in [0.29, 0.717) is 22.3 Å². The molecule has 1 aliphatic rings. The molecule has 0 aliphatic heterocycles.